The van der Waals surface area contributed by atoms with E-state index in [2.05, 4.69) is 38.1 Å². The Labute approximate surface area is 154 Å². The van der Waals surface area contributed by atoms with E-state index in [1.54, 1.807) is 0 Å². The molecule has 1 aliphatic rings. The number of benzene rings is 3. The first-order chi connectivity index (χ1) is 12.7. The molecule has 0 saturated carbocycles. The standard InChI is InChI=1S/C25H20O/c1-17-13-15-21(16-14-17)23-18(2)22(19-9-5-3-6-10-19)24(25(23)26)20-11-7-4-8-12-20/h3-16H,1-2H3. The fourth-order valence-electron chi connectivity index (χ4n) is 3.64. The molecule has 3 aromatic rings. The highest BCUT2D eigenvalue weighted by molar-refractivity contribution is 6.52. The molecule has 0 N–H and O–H groups in total. The molecule has 0 fully saturated rings. The maximum absolute atomic E-state index is 13.5. The third-order valence-corrected chi connectivity index (χ3v) is 4.92. The molecular weight excluding hydrogens is 316 g/mol. The van der Waals surface area contributed by atoms with Gasteiger partial charge in [0.05, 0.1) is 0 Å². The Bertz CT molecular complexity index is 1020. The molecule has 1 heteroatoms. The summed E-state index contributed by atoms with van der Waals surface area (Å²) in [5.74, 6) is 0.108. The van der Waals surface area contributed by atoms with Crippen LogP contribution < -0.4 is 0 Å². The summed E-state index contributed by atoms with van der Waals surface area (Å²) in [6, 6.07) is 28.4. The minimum absolute atomic E-state index is 0.108. The monoisotopic (exact) mass is 336 g/mol. The van der Waals surface area contributed by atoms with Gasteiger partial charge in [-0.05, 0) is 41.7 Å². The molecule has 0 aliphatic heterocycles. The van der Waals surface area contributed by atoms with Crippen molar-refractivity contribution >= 4 is 22.5 Å². The fraction of sp³-hybridized carbons (Fsp3) is 0.0800. The molecule has 0 aromatic heterocycles. The highest BCUT2D eigenvalue weighted by Crippen LogP contribution is 2.44. The zero-order chi connectivity index (χ0) is 18.1. The number of hydrogen-bond acceptors (Lipinski definition) is 1. The quantitative estimate of drug-likeness (QED) is 0.576. The van der Waals surface area contributed by atoms with E-state index in [1.807, 2.05) is 60.7 Å². The Kier molecular flexibility index (Phi) is 4.14. The second kappa shape index (κ2) is 6.61. The van der Waals surface area contributed by atoms with E-state index in [4.69, 9.17) is 0 Å². The first kappa shape index (κ1) is 16.3. The van der Waals surface area contributed by atoms with E-state index in [9.17, 15) is 4.79 Å². The van der Waals surface area contributed by atoms with Crippen molar-refractivity contribution < 1.29 is 4.79 Å². The molecule has 0 spiro atoms. The smallest absolute Gasteiger partial charge is 0.195 e. The van der Waals surface area contributed by atoms with Gasteiger partial charge in [0.2, 0.25) is 0 Å². The Morgan fingerprint density at radius 1 is 0.500 bits per heavy atom. The Hall–Kier alpha value is -3.19. The van der Waals surface area contributed by atoms with Gasteiger partial charge in [0.1, 0.15) is 0 Å². The largest absolute Gasteiger partial charge is 0.289 e. The highest BCUT2D eigenvalue weighted by atomic mass is 16.1. The molecule has 0 bridgehead atoms. The van der Waals surface area contributed by atoms with Crippen LogP contribution in [0.2, 0.25) is 0 Å². The van der Waals surface area contributed by atoms with Crippen LogP contribution in [0.1, 0.15) is 29.2 Å². The predicted molar refractivity (Wildman–Crippen MR) is 108 cm³/mol. The topological polar surface area (TPSA) is 17.1 Å². The maximum Gasteiger partial charge on any atom is 0.195 e. The lowest BCUT2D eigenvalue weighted by Crippen LogP contribution is -2.01. The number of rotatable bonds is 3. The van der Waals surface area contributed by atoms with Crippen LogP contribution in [0, 0.1) is 6.92 Å². The van der Waals surface area contributed by atoms with E-state index in [0.717, 1.165) is 39.0 Å². The summed E-state index contributed by atoms with van der Waals surface area (Å²) in [5.41, 5.74) is 7.92. The van der Waals surface area contributed by atoms with Gasteiger partial charge in [-0.15, -0.1) is 0 Å². The van der Waals surface area contributed by atoms with Crippen LogP contribution in [-0.4, -0.2) is 5.78 Å². The lowest BCUT2D eigenvalue weighted by atomic mass is 9.94. The van der Waals surface area contributed by atoms with Crippen molar-refractivity contribution in [1.82, 2.24) is 0 Å². The number of ketones is 1. The molecule has 0 amide bonds. The van der Waals surface area contributed by atoms with E-state index < -0.39 is 0 Å². The summed E-state index contributed by atoms with van der Waals surface area (Å²) in [6.45, 7) is 4.12. The molecular formula is C25H20O. The number of carbonyl (C=O) groups is 1. The maximum atomic E-state index is 13.5. The average molecular weight is 336 g/mol. The van der Waals surface area contributed by atoms with Crippen LogP contribution >= 0.6 is 0 Å². The van der Waals surface area contributed by atoms with Gasteiger partial charge in [-0.3, -0.25) is 4.79 Å². The molecule has 0 atom stereocenters. The lowest BCUT2D eigenvalue weighted by Gasteiger charge is -2.09. The minimum atomic E-state index is 0.108. The molecule has 126 valence electrons. The van der Waals surface area contributed by atoms with E-state index in [-0.39, 0.29) is 5.78 Å². The molecule has 3 aromatic carbocycles. The van der Waals surface area contributed by atoms with Crippen LogP contribution in [0.25, 0.3) is 16.7 Å². The van der Waals surface area contributed by atoms with Gasteiger partial charge in [0.25, 0.3) is 0 Å². The molecule has 1 aliphatic carbocycles. The van der Waals surface area contributed by atoms with Gasteiger partial charge in [-0.25, -0.2) is 0 Å². The van der Waals surface area contributed by atoms with Crippen molar-refractivity contribution in [2.24, 2.45) is 0 Å². The van der Waals surface area contributed by atoms with Crippen molar-refractivity contribution in [3.63, 3.8) is 0 Å². The first-order valence-corrected chi connectivity index (χ1v) is 8.85. The fourth-order valence-corrected chi connectivity index (χ4v) is 3.64. The lowest BCUT2D eigenvalue weighted by molar-refractivity contribution is -0.108. The number of hydrogen-bond donors (Lipinski definition) is 0. The SMILES string of the molecule is CC1=C(c2ccc(C)cc2)C(=O)C(c2ccccc2)=C1c1ccccc1. The van der Waals surface area contributed by atoms with E-state index in [0.29, 0.717) is 0 Å². The van der Waals surface area contributed by atoms with Crippen LogP contribution in [0.4, 0.5) is 0 Å². The van der Waals surface area contributed by atoms with Gasteiger partial charge >= 0.3 is 0 Å². The van der Waals surface area contributed by atoms with Crippen LogP contribution in [0.15, 0.2) is 90.5 Å². The van der Waals surface area contributed by atoms with Crippen molar-refractivity contribution in [2.75, 3.05) is 0 Å². The summed E-state index contributed by atoms with van der Waals surface area (Å²) in [6.07, 6.45) is 0. The molecule has 0 radical (unpaired) electrons. The van der Waals surface area contributed by atoms with Crippen LogP contribution in [0.5, 0.6) is 0 Å². The normalized spacial score (nSPS) is 14.3. The average Bonchev–Trinajstić information content (AvgIpc) is 2.94. The van der Waals surface area contributed by atoms with E-state index in [1.165, 1.54) is 5.56 Å². The van der Waals surface area contributed by atoms with Crippen molar-refractivity contribution in [1.29, 1.82) is 0 Å². The first-order valence-electron chi connectivity index (χ1n) is 8.85. The van der Waals surface area contributed by atoms with Gasteiger partial charge in [0, 0.05) is 11.1 Å². The number of carbonyl (C=O) groups excluding carboxylic acids is 1. The minimum Gasteiger partial charge on any atom is -0.289 e. The summed E-state index contributed by atoms with van der Waals surface area (Å²) in [4.78, 5) is 13.5. The van der Waals surface area contributed by atoms with Gasteiger partial charge in [0.15, 0.2) is 5.78 Å². The number of Topliss-reactive ketones (excluding diaryl/α,β-unsaturated/α-hetero) is 1. The molecule has 0 saturated heterocycles. The molecule has 1 nitrogen and oxygen atoms in total. The zero-order valence-electron chi connectivity index (χ0n) is 15.0. The Balaban J connectivity index is 1.95. The summed E-state index contributed by atoms with van der Waals surface area (Å²) in [5, 5.41) is 0. The summed E-state index contributed by atoms with van der Waals surface area (Å²) < 4.78 is 0. The molecule has 0 heterocycles. The highest BCUT2D eigenvalue weighted by Gasteiger charge is 2.32. The molecule has 0 unspecified atom stereocenters. The second-order valence-electron chi connectivity index (χ2n) is 6.68. The van der Waals surface area contributed by atoms with Gasteiger partial charge in [-0.1, -0.05) is 90.5 Å². The summed E-state index contributed by atoms with van der Waals surface area (Å²) in [7, 11) is 0. The molecule has 4 rings (SSSR count). The van der Waals surface area contributed by atoms with Gasteiger partial charge in [-0.2, -0.15) is 0 Å². The van der Waals surface area contributed by atoms with Crippen LogP contribution in [0.3, 0.4) is 0 Å². The van der Waals surface area contributed by atoms with Crippen LogP contribution in [-0.2, 0) is 4.79 Å². The van der Waals surface area contributed by atoms with Crippen molar-refractivity contribution in [3.05, 3.63) is 113 Å². The zero-order valence-corrected chi connectivity index (χ0v) is 15.0. The second-order valence-corrected chi connectivity index (χ2v) is 6.68. The van der Waals surface area contributed by atoms with Crippen molar-refractivity contribution in [2.45, 2.75) is 13.8 Å². The Morgan fingerprint density at radius 2 is 0.962 bits per heavy atom. The third kappa shape index (κ3) is 2.72. The summed E-state index contributed by atoms with van der Waals surface area (Å²) >= 11 is 0. The third-order valence-electron chi connectivity index (χ3n) is 4.92. The van der Waals surface area contributed by atoms with Crippen molar-refractivity contribution in [3.8, 4) is 0 Å². The predicted octanol–water partition coefficient (Wildman–Crippen LogP) is 5.96. The van der Waals surface area contributed by atoms with Gasteiger partial charge < -0.3 is 0 Å². The van der Waals surface area contributed by atoms with E-state index >= 15 is 0 Å². The Morgan fingerprint density at radius 3 is 1.50 bits per heavy atom. The number of aryl methyl sites for hydroxylation is 1. The number of allylic oxidation sites excluding steroid dienone is 4. The molecule has 26 heavy (non-hydrogen) atoms.